The van der Waals surface area contributed by atoms with Gasteiger partial charge in [0.25, 0.3) is 0 Å². The average Bonchev–Trinajstić information content (AvgIpc) is 3.03. The van der Waals surface area contributed by atoms with Gasteiger partial charge in [-0.3, -0.25) is 0 Å². The summed E-state index contributed by atoms with van der Waals surface area (Å²) in [4.78, 5) is 0. The third-order valence-corrected chi connectivity index (χ3v) is 5.14. The highest BCUT2D eigenvalue weighted by Gasteiger charge is 2.47. The van der Waals surface area contributed by atoms with Gasteiger partial charge >= 0.3 is 0 Å². The maximum absolute atomic E-state index is 6.44. The molecule has 1 aliphatic heterocycles. The Morgan fingerprint density at radius 2 is 1.68 bits per heavy atom. The standard InChI is InChI=1S/C15H18ClNO2/c16-12-7-14-13(18-1-2-19-14)6-11(12)15(17)10-4-8-3-9(8)5-10/h6-10,15H,1-5,17H2. The molecule has 19 heavy (non-hydrogen) atoms. The maximum Gasteiger partial charge on any atom is 0.162 e. The van der Waals surface area contributed by atoms with E-state index in [1.54, 1.807) is 0 Å². The van der Waals surface area contributed by atoms with Crippen LogP contribution >= 0.6 is 11.6 Å². The number of ether oxygens (including phenoxy) is 2. The fraction of sp³-hybridized carbons (Fsp3) is 0.600. The van der Waals surface area contributed by atoms with Crippen LogP contribution in [0.25, 0.3) is 0 Å². The molecule has 102 valence electrons. The lowest BCUT2D eigenvalue weighted by Gasteiger charge is -2.25. The molecule has 1 aromatic carbocycles. The zero-order chi connectivity index (χ0) is 13.0. The number of hydrogen-bond donors (Lipinski definition) is 1. The van der Waals surface area contributed by atoms with Crippen molar-refractivity contribution in [1.29, 1.82) is 0 Å². The monoisotopic (exact) mass is 279 g/mol. The van der Waals surface area contributed by atoms with E-state index < -0.39 is 0 Å². The van der Waals surface area contributed by atoms with Crippen LogP contribution in [0.3, 0.4) is 0 Å². The number of benzene rings is 1. The van der Waals surface area contributed by atoms with E-state index in [-0.39, 0.29) is 6.04 Å². The second-order valence-corrected chi connectivity index (χ2v) is 6.44. The summed E-state index contributed by atoms with van der Waals surface area (Å²) in [7, 11) is 0. The number of fused-ring (bicyclic) bond motifs is 2. The van der Waals surface area contributed by atoms with E-state index in [1.807, 2.05) is 12.1 Å². The smallest absolute Gasteiger partial charge is 0.162 e. The van der Waals surface area contributed by atoms with Crippen LogP contribution in [0.5, 0.6) is 11.5 Å². The Hall–Kier alpha value is -0.930. The van der Waals surface area contributed by atoms with E-state index in [2.05, 4.69) is 0 Å². The molecular formula is C15H18ClNO2. The first kappa shape index (κ1) is 11.9. The van der Waals surface area contributed by atoms with Crippen LogP contribution in [-0.2, 0) is 0 Å². The first-order valence-electron chi connectivity index (χ1n) is 7.07. The molecule has 1 heterocycles. The van der Waals surface area contributed by atoms with Gasteiger partial charge in [-0.1, -0.05) is 11.6 Å². The summed E-state index contributed by atoms with van der Waals surface area (Å²) in [6.45, 7) is 1.18. The maximum atomic E-state index is 6.44. The number of rotatable bonds is 2. The predicted octanol–water partition coefficient (Wildman–Crippen LogP) is 3.16. The Kier molecular flexibility index (Phi) is 2.68. The lowest BCUT2D eigenvalue weighted by atomic mass is 9.89. The van der Waals surface area contributed by atoms with Gasteiger partial charge in [0.1, 0.15) is 13.2 Å². The summed E-state index contributed by atoms with van der Waals surface area (Å²) in [5.41, 5.74) is 7.45. The van der Waals surface area contributed by atoms with Gasteiger partial charge in [0.05, 0.1) is 0 Å². The summed E-state index contributed by atoms with van der Waals surface area (Å²) < 4.78 is 11.2. The second kappa shape index (κ2) is 4.29. The second-order valence-electron chi connectivity index (χ2n) is 6.03. The van der Waals surface area contributed by atoms with Crippen LogP contribution in [0, 0.1) is 17.8 Å². The third kappa shape index (κ3) is 2.00. The van der Waals surface area contributed by atoms with E-state index >= 15 is 0 Å². The molecule has 2 saturated carbocycles. The van der Waals surface area contributed by atoms with Gasteiger partial charge in [-0.2, -0.15) is 0 Å². The highest BCUT2D eigenvalue weighted by molar-refractivity contribution is 6.31. The first-order chi connectivity index (χ1) is 9.22. The summed E-state index contributed by atoms with van der Waals surface area (Å²) >= 11 is 6.37. The average molecular weight is 280 g/mol. The molecule has 3 atom stereocenters. The highest BCUT2D eigenvalue weighted by atomic mass is 35.5. The van der Waals surface area contributed by atoms with Gasteiger partial charge in [-0.15, -0.1) is 0 Å². The van der Waals surface area contributed by atoms with Crippen molar-refractivity contribution >= 4 is 11.6 Å². The fourth-order valence-corrected chi connectivity index (χ4v) is 3.92. The topological polar surface area (TPSA) is 44.5 Å². The van der Waals surface area contributed by atoms with Crippen LogP contribution in [0.15, 0.2) is 12.1 Å². The Labute approximate surface area is 118 Å². The molecule has 0 saturated heterocycles. The molecule has 0 radical (unpaired) electrons. The van der Waals surface area contributed by atoms with Crippen LogP contribution in [0.1, 0.15) is 30.9 Å². The van der Waals surface area contributed by atoms with E-state index in [1.165, 1.54) is 19.3 Å². The molecule has 2 aliphatic carbocycles. The van der Waals surface area contributed by atoms with Crippen molar-refractivity contribution in [3.05, 3.63) is 22.7 Å². The van der Waals surface area contributed by atoms with E-state index in [4.69, 9.17) is 26.8 Å². The van der Waals surface area contributed by atoms with Crippen molar-refractivity contribution < 1.29 is 9.47 Å². The van der Waals surface area contributed by atoms with Gasteiger partial charge < -0.3 is 15.2 Å². The number of nitrogens with two attached hydrogens (primary N) is 1. The van der Waals surface area contributed by atoms with Gasteiger partial charge in [0.2, 0.25) is 0 Å². The summed E-state index contributed by atoms with van der Waals surface area (Å²) in [5, 5.41) is 0.706. The summed E-state index contributed by atoms with van der Waals surface area (Å²) in [5.74, 6) is 3.97. The van der Waals surface area contributed by atoms with Gasteiger partial charge in [-0.05, 0) is 48.6 Å². The molecule has 0 amide bonds. The SMILES string of the molecule is NC(c1cc2c(cc1Cl)OCCO2)C1CC2CC2C1. The number of hydrogen-bond acceptors (Lipinski definition) is 3. The Morgan fingerprint density at radius 3 is 2.37 bits per heavy atom. The molecule has 3 nitrogen and oxygen atoms in total. The van der Waals surface area contributed by atoms with Crippen molar-refractivity contribution in [2.24, 2.45) is 23.5 Å². The zero-order valence-electron chi connectivity index (χ0n) is 10.8. The predicted molar refractivity (Wildman–Crippen MR) is 73.7 cm³/mol. The Morgan fingerprint density at radius 1 is 1.05 bits per heavy atom. The van der Waals surface area contributed by atoms with Gasteiger partial charge in [0.15, 0.2) is 11.5 Å². The molecule has 2 N–H and O–H groups in total. The molecule has 1 aromatic rings. The molecule has 0 spiro atoms. The first-order valence-corrected chi connectivity index (χ1v) is 7.45. The number of halogens is 1. The molecule has 0 bridgehead atoms. The minimum Gasteiger partial charge on any atom is -0.486 e. The molecule has 0 aromatic heterocycles. The Balaban J connectivity index is 1.62. The van der Waals surface area contributed by atoms with Crippen molar-refractivity contribution in [3.63, 3.8) is 0 Å². The van der Waals surface area contributed by atoms with Crippen LogP contribution in [0.2, 0.25) is 5.02 Å². The van der Waals surface area contributed by atoms with Gasteiger partial charge in [-0.25, -0.2) is 0 Å². The van der Waals surface area contributed by atoms with E-state index in [0.29, 0.717) is 24.2 Å². The molecule has 2 fully saturated rings. The van der Waals surface area contributed by atoms with Crippen molar-refractivity contribution in [2.45, 2.75) is 25.3 Å². The van der Waals surface area contributed by atoms with Crippen molar-refractivity contribution in [2.75, 3.05) is 13.2 Å². The minimum atomic E-state index is 0.0242. The third-order valence-electron chi connectivity index (χ3n) is 4.81. The molecule has 3 aliphatic rings. The quantitative estimate of drug-likeness (QED) is 0.904. The summed E-state index contributed by atoms with van der Waals surface area (Å²) in [6.07, 6.45) is 3.94. The lowest BCUT2D eigenvalue weighted by molar-refractivity contribution is 0.171. The summed E-state index contributed by atoms with van der Waals surface area (Å²) in [6, 6.07) is 3.85. The minimum absolute atomic E-state index is 0.0242. The van der Waals surface area contributed by atoms with Gasteiger partial charge in [0, 0.05) is 17.1 Å². The fourth-order valence-electron chi connectivity index (χ4n) is 3.64. The largest absolute Gasteiger partial charge is 0.486 e. The lowest BCUT2D eigenvalue weighted by Crippen LogP contribution is -2.22. The van der Waals surface area contributed by atoms with Crippen LogP contribution in [-0.4, -0.2) is 13.2 Å². The van der Waals surface area contributed by atoms with Crippen LogP contribution < -0.4 is 15.2 Å². The van der Waals surface area contributed by atoms with Crippen LogP contribution in [0.4, 0.5) is 0 Å². The highest BCUT2D eigenvalue weighted by Crippen LogP contribution is 2.57. The van der Waals surface area contributed by atoms with Crippen molar-refractivity contribution in [3.8, 4) is 11.5 Å². The van der Waals surface area contributed by atoms with E-state index in [9.17, 15) is 0 Å². The molecule has 4 heteroatoms. The van der Waals surface area contributed by atoms with E-state index in [0.717, 1.165) is 28.9 Å². The normalized spacial score (nSPS) is 32.8. The molecule has 4 rings (SSSR count). The zero-order valence-corrected chi connectivity index (χ0v) is 11.5. The molecule has 3 unspecified atom stereocenters. The molecular weight excluding hydrogens is 262 g/mol. The Bertz CT molecular complexity index is 509. The van der Waals surface area contributed by atoms with Crippen molar-refractivity contribution in [1.82, 2.24) is 0 Å².